The highest BCUT2D eigenvalue weighted by atomic mass is 32.2. The topological polar surface area (TPSA) is 72.9 Å². The van der Waals surface area contributed by atoms with Crippen molar-refractivity contribution in [2.24, 2.45) is 0 Å². The molecule has 1 aliphatic heterocycles. The van der Waals surface area contributed by atoms with E-state index in [1.54, 1.807) is 16.8 Å². The van der Waals surface area contributed by atoms with Gasteiger partial charge in [-0.05, 0) is 57.0 Å². The Labute approximate surface area is 146 Å². The number of aromatic nitrogens is 2. The molecule has 0 saturated carbocycles. The van der Waals surface area contributed by atoms with Crippen molar-refractivity contribution >= 4 is 17.6 Å². The average molecular weight is 344 g/mol. The first kappa shape index (κ1) is 17.0. The largest absolute Gasteiger partial charge is 0.383 e. The van der Waals surface area contributed by atoms with E-state index < -0.39 is 0 Å². The van der Waals surface area contributed by atoms with E-state index in [9.17, 15) is 4.79 Å². The Balaban J connectivity index is 1.91. The zero-order chi connectivity index (χ0) is 17.1. The molecule has 0 atom stereocenters. The summed E-state index contributed by atoms with van der Waals surface area (Å²) in [4.78, 5) is 17.2. The third kappa shape index (κ3) is 3.99. The smallest absolute Gasteiger partial charge is 0.349 e. The number of nitrogens with zero attached hydrogens (tertiary/aromatic N) is 2. The van der Waals surface area contributed by atoms with Gasteiger partial charge < -0.3 is 11.1 Å². The van der Waals surface area contributed by atoms with Crippen molar-refractivity contribution in [3.8, 4) is 0 Å². The Kier molecular flexibility index (Phi) is 5.26. The van der Waals surface area contributed by atoms with Crippen LogP contribution < -0.4 is 16.7 Å². The SMILES string of the molecule is Cc1cc(C)c(SC2CCNCC2)c(Cn2ccc(N)nc2=O)c1. The highest BCUT2D eigenvalue weighted by Crippen LogP contribution is 2.34. The summed E-state index contributed by atoms with van der Waals surface area (Å²) in [5, 5.41) is 4.04. The van der Waals surface area contributed by atoms with Gasteiger partial charge in [0, 0.05) is 16.3 Å². The van der Waals surface area contributed by atoms with E-state index in [1.165, 1.54) is 34.4 Å². The molecule has 128 valence electrons. The van der Waals surface area contributed by atoms with Crippen LogP contribution in [0.15, 0.2) is 34.1 Å². The van der Waals surface area contributed by atoms with E-state index in [0.29, 0.717) is 11.8 Å². The van der Waals surface area contributed by atoms with Gasteiger partial charge in [-0.15, -0.1) is 11.8 Å². The minimum Gasteiger partial charge on any atom is -0.383 e. The number of nitrogens with two attached hydrogens (primary N) is 1. The maximum atomic E-state index is 12.1. The van der Waals surface area contributed by atoms with Crippen LogP contribution in [0.2, 0.25) is 0 Å². The number of piperidine rings is 1. The minimum absolute atomic E-state index is 0.265. The molecule has 1 aliphatic rings. The van der Waals surface area contributed by atoms with Gasteiger partial charge in [0.05, 0.1) is 6.54 Å². The van der Waals surface area contributed by atoms with Crippen LogP contribution >= 0.6 is 11.8 Å². The Morgan fingerprint density at radius 3 is 2.79 bits per heavy atom. The summed E-state index contributed by atoms with van der Waals surface area (Å²) in [5.41, 5.74) is 8.97. The van der Waals surface area contributed by atoms with E-state index in [1.807, 2.05) is 11.8 Å². The normalized spacial score (nSPS) is 15.6. The summed E-state index contributed by atoms with van der Waals surface area (Å²) in [7, 11) is 0. The average Bonchev–Trinajstić information content (AvgIpc) is 2.54. The van der Waals surface area contributed by atoms with Gasteiger partial charge in [-0.3, -0.25) is 4.57 Å². The summed E-state index contributed by atoms with van der Waals surface area (Å²) >= 11 is 1.95. The summed E-state index contributed by atoms with van der Waals surface area (Å²) < 4.78 is 1.62. The lowest BCUT2D eigenvalue weighted by Crippen LogP contribution is -2.29. The molecule has 1 saturated heterocycles. The van der Waals surface area contributed by atoms with Crippen molar-refractivity contribution < 1.29 is 0 Å². The molecular formula is C18H24N4OS. The maximum Gasteiger partial charge on any atom is 0.349 e. The fraction of sp³-hybridized carbons (Fsp3) is 0.444. The van der Waals surface area contributed by atoms with E-state index in [4.69, 9.17) is 5.73 Å². The second kappa shape index (κ2) is 7.40. The molecular weight excluding hydrogens is 320 g/mol. The first-order valence-corrected chi connectivity index (χ1v) is 9.21. The lowest BCUT2D eigenvalue weighted by Gasteiger charge is -2.24. The van der Waals surface area contributed by atoms with Crippen LogP contribution in [0, 0.1) is 13.8 Å². The Morgan fingerprint density at radius 1 is 1.33 bits per heavy atom. The van der Waals surface area contributed by atoms with Gasteiger partial charge in [-0.1, -0.05) is 17.7 Å². The predicted octanol–water partition coefficient (Wildman–Crippen LogP) is 2.33. The van der Waals surface area contributed by atoms with Gasteiger partial charge >= 0.3 is 5.69 Å². The fourth-order valence-corrected chi connectivity index (χ4v) is 4.48. The predicted molar refractivity (Wildman–Crippen MR) is 99.7 cm³/mol. The lowest BCUT2D eigenvalue weighted by atomic mass is 10.1. The number of rotatable bonds is 4. The van der Waals surface area contributed by atoms with Crippen molar-refractivity contribution in [3.05, 3.63) is 51.6 Å². The second-order valence-electron chi connectivity index (χ2n) is 6.40. The highest BCUT2D eigenvalue weighted by Gasteiger charge is 2.18. The summed E-state index contributed by atoms with van der Waals surface area (Å²) in [6.45, 7) is 6.95. The number of aryl methyl sites for hydroxylation is 2. The molecule has 6 heteroatoms. The zero-order valence-electron chi connectivity index (χ0n) is 14.2. The van der Waals surface area contributed by atoms with Gasteiger partial charge in [-0.2, -0.15) is 4.98 Å². The third-order valence-corrected chi connectivity index (χ3v) is 5.93. The molecule has 2 heterocycles. The molecule has 0 amide bonds. The Bertz CT molecular complexity index is 781. The van der Waals surface area contributed by atoms with Gasteiger partial charge in [-0.25, -0.2) is 4.79 Å². The number of nitrogen functional groups attached to an aromatic ring is 1. The van der Waals surface area contributed by atoms with Crippen molar-refractivity contribution in [1.29, 1.82) is 0 Å². The number of nitrogens with one attached hydrogen (secondary N) is 1. The number of benzene rings is 1. The number of thioether (sulfide) groups is 1. The standard InChI is InChI=1S/C18H24N4OS/c1-12-9-13(2)17(24-15-3-6-20-7-4-15)14(10-12)11-22-8-5-16(19)21-18(22)23/h5,8-10,15,20H,3-4,6-7,11H2,1-2H3,(H2,19,21,23). The van der Waals surface area contributed by atoms with E-state index in [-0.39, 0.29) is 11.5 Å². The van der Waals surface area contributed by atoms with Crippen molar-refractivity contribution in [2.45, 2.75) is 43.4 Å². The molecule has 3 rings (SSSR count). The van der Waals surface area contributed by atoms with Crippen molar-refractivity contribution in [3.63, 3.8) is 0 Å². The summed E-state index contributed by atoms with van der Waals surface area (Å²) in [6.07, 6.45) is 4.09. The van der Waals surface area contributed by atoms with E-state index in [0.717, 1.165) is 13.1 Å². The molecule has 0 bridgehead atoms. The highest BCUT2D eigenvalue weighted by molar-refractivity contribution is 8.00. The van der Waals surface area contributed by atoms with Crippen LogP contribution in [0.1, 0.15) is 29.5 Å². The minimum atomic E-state index is -0.299. The molecule has 0 unspecified atom stereocenters. The molecule has 0 radical (unpaired) electrons. The maximum absolute atomic E-state index is 12.1. The number of hydrogen-bond acceptors (Lipinski definition) is 5. The van der Waals surface area contributed by atoms with Crippen LogP contribution in [0.3, 0.4) is 0 Å². The van der Waals surface area contributed by atoms with Crippen LogP contribution in [0.4, 0.5) is 5.82 Å². The van der Waals surface area contributed by atoms with Gasteiger partial charge in [0.15, 0.2) is 0 Å². The first-order valence-electron chi connectivity index (χ1n) is 8.33. The van der Waals surface area contributed by atoms with Crippen LogP contribution in [-0.2, 0) is 6.54 Å². The van der Waals surface area contributed by atoms with Gasteiger partial charge in [0.25, 0.3) is 0 Å². The Morgan fingerprint density at radius 2 is 2.08 bits per heavy atom. The summed E-state index contributed by atoms with van der Waals surface area (Å²) in [6, 6.07) is 6.07. The second-order valence-corrected chi connectivity index (χ2v) is 7.71. The molecule has 1 aromatic carbocycles. The molecule has 24 heavy (non-hydrogen) atoms. The first-order chi connectivity index (χ1) is 11.5. The van der Waals surface area contributed by atoms with Crippen molar-refractivity contribution in [1.82, 2.24) is 14.9 Å². The van der Waals surface area contributed by atoms with Crippen LogP contribution in [-0.4, -0.2) is 27.9 Å². The molecule has 0 spiro atoms. The molecule has 0 aliphatic carbocycles. The fourth-order valence-electron chi connectivity index (χ4n) is 3.15. The third-order valence-electron chi connectivity index (χ3n) is 4.30. The molecule has 3 N–H and O–H groups in total. The zero-order valence-corrected chi connectivity index (χ0v) is 15.0. The quantitative estimate of drug-likeness (QED) is 0.891. The van der Waals surface area contributed by atoms with E-state index >= 15 is 0 Å². The van der Waals surface area contributed by atoms with Crippen LogP contribution in [0.25, 0.3) is 0 Å². The van der Waals surface area contributed by atoms with Crippen LogP contribution in [0.5, 0.6) is 0 Å². The molecule has 1 aromatic heterocycles. The summed E-state index contributed by atoms with van der Waals surface area (Å²) in [5.74, 6) is 0.265. The van der Waals surface area contributed by atoms with E-state index in [2.05, 4.69) is 36.3 Å². The number of anilines is 1. The molecule has 5 nitrogen and oxygen atoms in total. The molecule has 1 fully saturated rings. The number of hydrogen-bond donors (Lipinski definition) is 2. The van der Waals surface area contributed by atoms with Gasteiger partial charge in [0.1, 0.15) is 5.82 Å². The monoisotopic (exact) mass is 344 g/mol. The van der Waals surface area contributed by atoms with Crippen molar-refractivity contribution in [2.75, 3.05) is 18.8 Å². The lowest BCUT2D eigenvalue weighted by molar-refractivity contribution is 0.531. The molecule has 2 aromatic rings. The van der Waals surface area contributed by atoms with Gasteiger partial charge in [0.2, 0.25) is 0 Å². The Hall–Kier alpha value is -1.79.